The molecule has 0 unspecified atom stereocenters. The number of amides is 2. The van der Waals surface area contributed by atoms with Gasteiger partial charge >= 0.3 is 12.1 Å². The zero-order valence-corrected chi connectivity index (χ0v) is 11.9. The van der Waals surface area contributed by atoms with Crippen LogP contribution in [0, 0.1) is 5.92 Å². The maximum atomic E-state index is 11.9. The number of aromatic carboxylic acids is 1. The van der Waals surface area contributed by atoms with Gasteiger partial charge in [0.1, 0.15) is 10.0 Å². The molecule has 0 spiro atoms. The van der Waals surface area contributed by atoms with Crippen molar-refractivity contribution in [3.8, 4) is 0 Å². The molecule has 112 valence electrons. The highest BCUT2D eigenvalue weighted by atomic mass is 32.1. The summed E-state index contributed by atoms with van der Waals surface area (Å²) in [6.07, 6.45) is 1.62. The van der Waals surface area contributed by atoms with E-state index in [-0.39, 0.29) is 22.4 Å². The van der Waals surface area contributed by atoms with Crippen molar-refractivity contribution < 1.29 is 24.6 Å². The first kappa shape index (κ1) is 13.9. The standard InChI is InChI=1S/C13H14N2O5S/c16-9(6-3-4-6)14-10-8(12(17)18)7-2-1-5-15(13(19)20)11(7)21-10/h6H,1-5H2,(H,14,16)(H,17,18)(H,19,20). The number of hydrogen-bond donors (Lipinski definition) is 3. The van der Waals surface area contributed by atoms with Crippen LogP contribution in [0.5, 0.6) is 0 Å². The lowest BCUT2D eigenvalue weighted by Crippen LogP contribution is -2.33. The van der Waals surface area contributed by atoms with Gasteiger partial charge in [-0.1, -0.05) is 11.3 Å². The first-order chi connectivity index (χ1) is 9.99. The summed E-state index contributed by atoms with van der Waals surface area (Å²) in [5.41, 5.74) is 0.544. The number of carboxylic acids is 1. The minimum Gasteiger partial charge on any atom is -0.478 e. The van der Waals surface area contributed by atoms with Gasteiger partial charge in [0, 0.05) is 18.0 Å². The molecule has 1 aliphatic carbocycles. The number of nitrogens with one attached hydrogen (secondary N) is 1. The van der Waals surface area contributed by atoms with E-state index in [0.717, 1.165) is 29.1 Å². The molecular formula is C13H14N2O5S. The largest absolute Gasteiger partial charge is 0.478 e. The second-order valence-corrected chi connectivity index (χ2v) is 6.20. The van der Waals surface area contributed by atoms with E-state index in [2.05, 4.69) is 5.32 Å². The van der Waals surface area contributed by atoms with Gasteiger partial charge in [-0.05, 0) is 25.7 Å². The van der Waals surface area contributed by atoms with Gasteiger partial charge in [0.2, 0.25) is 5.91 Å². The highest BCUT2D eigenvalue weighted by molar-refractivity contribution is 7.21. The topological polar surface area (TPSA) is 107 Å². The predicted molar refractivity (Wildman–Crippen MR) is 76.3 cm³/mol. The Kier molecular flexibility index (Phi) is 3.32. The number of rotatable bonds is 3. The summed E-state index contributed by atoms with van der Waals surface area (Å²) in [4.78, 5) is 35.7. The van der Waals surface area contributed by atoms with E-state index in [0.29, 0.717) is 30.0 Å². The molecule has 1 aromatic heterocycles. The average molecular weight is 310 g/mol. The third-order valence-electron chi connectivity index (χ3n) is 3.67. The molecule has 7 nitrogen and oxygen atoms in total. The number of carbonyl (C=O) groups is 3. The van der Waals surface area contributed by atoms with Crippen molar-refractivity contribution >= 4 is 39.3 Å². The predicted octanol–water partition coefficient (Wildman–Crippen LogP) is 2.23. The molecule has 1 aromatic rings. The van der Waals surface area contributed by atoms with Crippen molar-refractivity contribution in [1.29, 1.82) is 0 Å². The average Bonchev–Trinajstić information content (AvgIpc) is 3.19. The Morgan fingerprint density at radius 1 is 1.24 bits per heavy atom. The number of carboxylic acid groups (broad SMARTS) is 2. The van der Waals surface area contributed by atoms with Crippen LogP contribution < -0.4 is 10.2 Å². The maximum Gasteiger partial charge on any atom is 0.412 e. The molecule has 0 saturated heterocycles. The van der Waals surface area contributed by atoms with Crippen molar-refractivity contribution in [2.75, 3.05) is 16.8 Å². The molecule has 21 heavy (non-hydrogen) atoms. The first-order valence-electron chi connectivity index (χ1n) is 6.69. The summed E-state index contributed by atoms with van der Waals surface area (Å²) in [6, 6.07) is 0. The molecule has 1 saturated carbocycles. The van der Waals surface area contributed by atoms with Gasteiger partial charge in [-0.15, -0.1) is 0 Å². The minimum atomic E-state index is -1.13. The molecule has 1 fully saturated rings. The van der Waals surface area contributed by atoms with Crippen molar-refractivity contribution in [3.05, 3.63) is 11.1 Å². The van der Waals surface area contributed by atoms with Gasteiger partial charge in [0.05, 0.1) is 5.56 Å². The number of anilines is 2. The van der Waals surface area contributed by atoms with Crippen molar-refractivity contribution in [2.45, 2.75) is 25.7 Å². The molecule has 2 aliphatic rings. The lowest BCUT2D eigenvalue weighted by molar-refractivity contribution is -0.117. The van der Waals surface area contributed by atoms with Gasteiger partial charge in [0.15, 0.2) is 0 Å². The Morgan fingerprint density at radius 2 is 1.95 bits per heavy atom. The maximum absolute atomic E-state index is 11.9. The van der Waals surface area contributed by atoms with Crippen LogP contribution in [0.15, 0.2) is 0 Å². The molecule has 0 aromatic carbocycles. The van der Waals surface area contributed by atoms with Crippen molar-refractivity contribution in [3.63, 3.8) is 0 Å². The Morgan fingerprint density at radius 3 is 2.52 bits per heavy atom. The van der Waals surface area contributed by atoms with E-state index in [4.69, 9.17) is 0 Å². The number of carbonyl (C=O) groups excluding carboxylic acids is 1. The van der Waals surface area contributed by atoms with E-state index >= 15 is 0 Å². The Balaban J connectivity index is 2.01. The Labute approximate surface area is 124 Å². The highest BCUT2D eigenvalue weighted by Gasteiger charge is 2.35. The SMILES string of the molecule is O=C(O)c1c(NC(=O)C2CC2)sc2c1CCCN2C(=O)O. The van der Waals surface area contributed by atoms with Crippen LogP contribution >= 0.6 is 11.3 Å². The fourth-order valence-corrected chi connectivity index (χ4v) is 3.74. The lowest BCUT2D eigenvalue weighted by Gasteiger charge is -2.23. The van der Waals surface area contributed by atoms with Gasteiger partial charge in [-0.2, -0.15) is 0 Å². The monoisotopic (exact) mass is 310 g/mol. The van der Waals surface area contributed by atoms with Crippen LogP contribution in [0.25, 0.3) is 0 Å². The third kappa shape index (κ3) is 2.46. The van der Waals surface area contributed by atoms with Crippen LogP contribution in [0.3, 0.4) is 0 Å². The van der Waals surface area contributed by atoms with E-state index in [1.54, 1.807) is 0 Å². The summed E-state index contributed by atoms with van der Waals surface area (Å²) < 4.78 is 0. The molecule has 1 aliphatic heterocycles. The van der Waals surface area contributed by atoms with Crippen LogP contribution in [-0.2, 0) is 11.2 Å². The van der Waals surface area contributed by atoms with Crippen LogP contribution in [-0.4, -0.2) is 34.7 Å². The summed E-state index contributed by atoms with van der Waals surface area (Å²) >= 11 is 1.03. The van der Waals surface area contributed by atoms with Gasteiger partial charge < -0.3 is 15.5 Å². The lowest BCUT2D eigenvalue weighted by atomic mass is 10.0. The molecule has 3 rings (SSSR count). The quantitative estimate of drug-likeness (QED) is 0.793. The summed E-state index contributed by atoms with van der Waals surface area (Å²) in [5, 5.41) is 21.9. The molecular weight excluding hydrogens is 296 g/mol. The molecule has 2 amide bonds. The normalized spacial score (nSPS) is 17.2. The zero-order chi connectivity index (χ0) is 15.1. The first-order valence-corrected chi connectivity index (χ1v) is 7.51. The fraction of sp³-hybridized carbons (Fsp3) is 0.462. The van der Waals surface area contributed by atoms with Crippen LogP contribution in [0.1, 0.15) is 35.2 Å². The zero-order valence-electron chi connectivity index (χ0n) is 11.1. The van der Waals surface area contributed by atoms with E-state index in [1.165, 1.54) is 0 Å². The number of nitrogens with zero attached hydrogens (tertiary/aromatic N) is 1. The van der Waals surface area contributed by atoms with Gasteiger partial charge in [-0.3, -0.25) is 9.69 Å². The van der Waals surface area contributed by atoms with E-state index in [9.17, 15) is 24.6 Å². The summed E-state index contributed by atoms with van der Waals surface area (Å²) in [6.45, 7) is 0.345. The van der Waals surface area contributed by atoms with Crippen LogP contribution in [0.2, 0.25) is 0 Å². The van der Waals surface area contributed by atoms with Crippen LogP contribution in [0.4, 0.5) is 14.8 Å². The molecule has 0 bridgehead atoms. The molecule has 0 atom stereocenters. The number of hydrogen-bond acceptors (Lipinski definition) is 4. The molecule has 8 heteroatoms. The van der Waals surface area contributed by atoms with E-state index in [1.807, 2.05) is 0 Å². The second kappa shape index (κ2) is 5.03. The Hall–Kier alpha value is -2.09. The third-order valence-corrected chi connectivity index (χ3v) is 4.84. The smallest absolute Gasteiger partial charge is 0.412 e. The summed E-state index contributed by atoms with van der Waals surface area (Å²) in [7, 11) is 0. The second-order valence-electron chi connectivity index (χ2n) is 5.20. The number of thiophene rings is 1. The minimum absolute atomic E-state index is 0.0370. The summed E-state index contributed by atoms with van der Waals surface area (Å²) in [5.74, 6) is -1.36. The van der Waals surface area contributed by atoms with Crippen molar-refractivity contribution in [2.24, 2.45) is 5.92 Å². The molecule has 2 heterocycles. The number of fused-ring (bicyclic) bond motifs is 1. The Bertz CT molecular complexity index is 635. The fourth-order valence-electron chi connectivity index (χ4n) is 2.47. The van der Waals surface area contributed by atoms with Gasteiger partial charge in [-0.25, -0.2) is 9.59 Å². The molecule has 3 N–H and O–H groups in total. The van der Waals surface area contributed by atoms with Gasteiger partial charge in [0.25, 0.3) is 0 Å². The molecule has 0 radical (unpaired) electrons. The van der Waals surface area contributed by atoms with E-state index < -0.39 is 12.1 Å². The highest BCUT2D eigenvalue weighted by Crippen LogP contribution is 2.44. The van der Waals surface area contributed by atoms with Crippen molar-refractivity contribution in [1.82, 2.24) is 0 Å².